The first-order valence-corrected chi connectivity index (χ1v) is 12.6. The van der Waals surface area contributed by atoms with E-state index >= 15 is 0 Å². The second kappa shape index (κ2) is 11.1. The van der Waals surface area contributed by atoms with Gasteiger partial charge in [-0.1, -0.05) is 25.1 Å². The predicted molar refractivity (Wildman–Crippen MR) is 128 cm³/mol. The lowest BCUT2D eigenvalue weighted by atomic mass is 10.1. The molecular formula is C24H30N3O4P. The Morgan fingerprint density at radius 1 is 1.00 bits per heavy atom. The van der Waals surface area contributed by atoms with Gasteiger partial charge < -0.3 is 19.3 Å². The van der Waals surface area contributed by atoms with E-state index in [0.29, 0.717) is 41.9 Å². The van der Waals surface area contributed by atoms with E-state index in [4.69, 9.17) is 14.0 Å². The van der Waals surface area contributed by atoms with Crippen LogP contribution in [0.2, 0.25) is 0 Å². The summed E-state index contributed by atoms with van der Waals surface area (Å²) in [4.78, 5) is 8.75. The average Bonchev–Trinajstić information content (AvgIpc) is 2.79. The highest BCUT2D eigenvalue weighted by atomic mass is 31.2. The fourth-order valence-corrected chi connectivity index (χ4v) is 5.88. The molecule has 1 atom stereocenters. The van der Waals surface area contributed by atoms with Crippen molar-refractivity contribution in [3.05, 3.63) is 60.4 Å². The van der Waals surface area contributed by atoms with Gasteiger partial charge in [-0.3, -0.25) is 4.57 Å². The van der Waals surface area contributed by atoms with E-state index in [9.17, 15) is 4.57 Å². The van der Waals surface area contributed by atoms with Crippen LogP contribution in [0.4, 0.5) is 11.5 Å². The molecule has 0 fully saturated rings. The number of methoxy groups -OCH3 is 2. The first-order valence-electron chi connectivity index (χ1n) is 10.6. The summed E-state index contributed by atoms with van der Waals surface area (Å²) < 4.78 is 29.6. The van der Waals surface area contributed by atoms with Gasteiger partial charge in [-0.25, -0.2) is 9.97 Å². The van der Waals surface area contributed by atoms with Crippen LogP contribution in [0.15, 0.2) is 54.9 Å². The summed E-state index contributed by atoms with van der Waals surface area (Å²) >= 11 is 0. The van der Waals surface area contributed by atoms with E-state index in [1.165, 1.54) is 6.33 Å². The van der Waals surface area contributed by atoms with Crippen LogP contribution in [0.3, 0.4) is 0 Å². The van der Waals surface area contributed by atoms with E-state index in [2.05, 4.69) is 15.3 Å². The second-order valence-corrected chi connectivity index (χ2v) is 9.92. The molecule has 1 unspecified atom stereocenters. The number of aromatic nitrogens is 2. The Labute approximate surface area is 189 Å². The van der Waals surface area contributed by atoms with Crippen molar-refractivity contribution in [2.24, 2.45) is 0 Å². The maximum absolute atomic E-state index is 13.1. The van der Waals surface area contributed by atoms with Crippen LogP contribution in [0.5, 0.6) is 11.5 Å². The number of hydrogen-bond acceptors (Lipinski definition) is 7. The SMILES string of the molecule is CCCP(=O)(Cc1cccc(Nc2cc(-c3cccc(OC)c3OC)ncn2)c1)OCC. The summed E-state index contributed by atoms with van der Waals surface area (Å²) in [6.07, 6.45) is 3.33. The number of nitrogens with one attached hydrogen (secondary N) is 1. The maximum atomic E-state index is 13.1. The van der Waals surface area contributed by atoms with Crippen LogP contribution in [0.1, 0.15) is 25.8 Å². The lowest BCUT2D eigenvalue weighted by molar-refractivity contribution is 0.332. The number of anilines is 2. The van der Waals surface area contributed by atoms with E-state index in [0.717, 1.165) is 23.2 Å². The number of nitrogens with zero attached hydrogens (tertiary/aromatic N) is 2. The van der Waals surface area contributed by atoms with E-state index in [-0.39, 0.29) is 0 Å². The largest absolute Gasteiger partial charge is 0.493 e. The lowest BCUT2D eigenvalue weighted by Gasteiger charge is -2.18. The fraction of sp³-hybridized carbons (Fsp3) is 0.333. The van der Waals surface area contributed by atoms with Gasteiger partial charge in [0, 0.05) is 29.6 Å². The highest BCUT2D eigenvalue weighted by Crippen LogP contribution is 2.50. The number of para-hydroxylation sites is 1. The quantitative estimate of drug-likeness (QED) is 0.348. The molecule has 0 radical (unpaired) electrons. The van der Waals surface area contributed by atoms with Crippen LogP contribution in [-0.4, -0.2) is 37.0 Å². The summed E-state index contributed by atoms with van der Waals surface area (Å²) in [7, 11) is 0.520. The second-order valence-electron chi connectivity index (χ2n) is 7.27. The number of ether oxygens (including phenoxy) is 2. The molecular weight excluding hydrogens is 425 g/mol. The summed E-state index contributed by atoms with van der Waals surface area (Å²) in [6.45, 7) is 4.35. The average molecular weight is 455 g/mol. The van der Waals surface area contributed by atoms with Crippen molar-refractivity contribution in [3.8, 4) is 22.8 Å². The van der Waals surface area contributed by atoms with Gasteiger partial charge in [0.25, 0.3) is 0 Å². The summed E-state index contributed by atoms with van der Waals surface area (Å²) in [5, 5.41) is 3.32. The molecule has 0 saturated heterocycles. The van der Waals surface area contributed by atoms with Crippen molar-refractivity contribution in [1.29, 1.82) is 0 Å². The molecule has 0 aliphatic rings. The van der Waals surface area contributed by atoms with Crippen LogP contribution < -0.4 is 14.8 Å². The first-order chi connectivity index (χ1) is 15.5. The molecule has 3 rings (SSSR count). The zero-order valence-corrected chi connectivity index (χ0v) is 19.9. The molecule has 2 aromatic carbocycles. The summed E-state index contributed by atoms with van der Waals surface area (Å²) in [6, 6.07) is 15.3. The Kier molecular flexibility index (Phi) is 8.26. The van der Waals surface area contributed by atoms with Crippen molar-refractivity contribution in [3.63, 3.8) is 0 Å². The molecule has 0 amide bonds. The molecule has 0 spiro atoms. The molecule has 170 valence electrons. The van der Waals surface area contributed by atoms with Crippen LogP contribution >= 0.6 is 7.37 Å². The number of rotatable bonds is 11. The molecule has 0 aliphatic carbocycles. The molecule has 0 bridgehead atoms. The molecule has 1 heterocycles. The summed E-state index contributed by atoms with van der Waals surface area (Å²) in [5.74, 6) is 1.89. The van der Waals surface area contributed by atoms with E-state index in [1.807, 2.05) is 62.4 Å². The smallest absolute Gasteiger partial charge is 0.207 e. The fourth-order valence-electron chi connectivity index (χ4n) is 3.60. The van der Waals surface area contributed by atoms with Gasteiger partial charge in [0.15, 0.2) is 11.5 Å². The first kappa shape index (κ1) is 23.8. The standard InChI is InChI=1S/C24H30N3O4P/c1-5-13-32(28,31-6-2)16-18-9-7-10-19(14-18)27-23-15-21(25-17-26-23)20-11-8-12-22(29-3)24(20)30-4/h7-12,14-15,17H,5-6,13,16H2,1-4H3,(H,25,26,27). The normalized spacial score (nSPS) is 12.8. The Balaban J connectivity index is 1.84. The maximum Gasteiger partial charge on any atom is 0.207 e. The number of hydrogen-bond donors (Lipinski definition) is 1. The van der Waals surface area contributed by atoms with Gasteiger partial charge >= 0.3 is 0 Å². The van der Waals surface area contributed by atoms with Gasteiger partial charge in [-0.15, -0.1) is 0 Å². The molecule has 32 heavy (non-hydrogen) atoms. The van der Waals surface area contributed by atoms with Crippen molar-refractivity contribution >= 4 is 18.9 Å². The highest BCUT2D eigenvalue weighted by Gasteiger charge is 2.22. The van der Waals surface area contributed by atoms with Gasteiger partial charge in [0.1, 0.15) is 12.1 Å². The minimum Gasteiger partial charge on any atom is -0.493 e. The third kappa shape index (κ3) is 5.87. The van der Waals surface area contributed by atoms with Crippen molar-refractivity contribution in [2.45, 2.75) is 26.4 Å². The Hall–Kier alpha value is -2.89. The highest BCUT2D eigenvalue weighted by molar-refractivity contribution is 7.58. The molecule has 3 aromatic rings. The van der Waals surface area contributed by atoms with Crippen molar-refractivity contribution in [2.75, 3.05) is 32.3 Å². The minimum absolute atomic E-state index is 0.417. The van der Waals surface area contributed by atoms with Crippen molar-refractivity contribution in [1.82, 2.24) is 9.97 Å². The van der Waals surface area contributed by atoms with E-state index in [1.54, 1.807) is 14.2 Å². The zero-order chi connectivity index (χ0) is 23.0. The van der Waals surface area contributed by atoms with Crippen LogP contribution in [0.25, 0.3) is 11.3 Å². The molecule has 7 nitrogen and oxygen atoms in total. The van der Waals surface area contributed by atoms with Crippen LogP contribution in [-0.2, 0) is 15.3 Å². The van der Waals surface area contributed by atoms with Gasteiger partial charge in [-0.2, -0.15) is 0 Å². The third-order valence-corrected chi connectivity index (χ3v) is 7.60. The molecule has 1 aromatic heterocycles. The Bertz CT molecular complexity index is 1080. The molecule has 0 saturated carbocycles. The molecule has 1 N–H and O–H groups in total. The van der Waals surface area contributed by atoms with Gasteiger partial charge in [0.2, 0.25) is 7.37 Å². The monoisotopic (exact) mass is 455 g/mol. The van der Waals surface area contributed by atoms with E-state index < -0.39 is 7.37 Å². The topological polar surface area (TPSA) is 82.6 Å². The zero-order valence-electron chi connectivity index (χ0n) is 19.0. The van der Waals surface area contributed by atoms with Crippen molar-refractivity contribution < 1.29 is 18.6 Å². The number of benzene rings is 2. The predicted octanol–water partition coefficient (Wildman–Crippen LogP) is 6.13. The van der Waals surface area contributed by atoms with Crippen LogP contribution in [0, 0.1) is 0 Å². The Morgan fingerprint density at radius 3 is 2.53 bits per heavy atom. The lowest BCUT2D eigenvalue weighted by Crippen LogP contribution is -2.00. The molecule has 8 heteroatoms. The van der Waals surface area contributed by atoms with Gasteiger partial charge in [0.05, 0.1) is 26.5 Å². The Morgan fingerprint density at radius 2 is 1.81 bits per heavy atom. The molecule has 0 aliphatic heterocycles. The third-order valence-electron chi connectivity index (χ3n) is 4.90. The summed E-state index contributed by atoms with van der Waals surface area (Å²) in [5.41, 5.74) is 3.33. The minimum atomic E-state index is -2.69. The van der Waals surface area contributed by atoms with Gasteiger partial charge in [-0.05, 0) is 43.2 Å².